The number of phenols is 1. The van der Waals surface area contributed by atoms with Crippen LogP contribution in [0.3, 0.4) is 0 Å². The molecule has 0 aliphatic carbocycles. The quantitative estimate of drug-likeness (QED) is 0.359. The maximum absolute atomic E-state index is 14.6. The van der Waals surface area contributed by atoms with Gasteiger partial charge in [0.2, 0.25) is 0 Å². The van der Waals surface area contributed by atoms with Gasteiger partial charge in [0.25, 0.3) is 0 Å². The molecule has 0 amide bonds. The molecule has 0 atom stereocenters. The van der Waals surface area contributed by atoms with Gasteiger partial charge < -0.3 is 5.11 Å². The van der Waals surface area contributed by atoms with Crippen molar-refractivity contribution in [2.75, 3.05) is 0 Å². The second-order valence-electron chi connectivity index (χ2n) is 7.20. The van der Waals surface area contributed by atoms with Crippen LogP contribution < -0.4 is 0 Å². The molecule has 33 heavy (non-hydrogen) atoms. The molecule has 11 heteroatoms. The first-order chi connectivity index (χ1) is 15.4. The Morgan fingerprint density at radius 2 is 1.67 bits per heavy atom. The van der Waals surface area contributed by atoms with Gasteiger partial charge in [-0.05, 0) is 12.5 Å². The van der Waals surface area contributed by atoms with Gasteiger partial charge in [-0.25, -0.2) is 13.8 Å². The maximum atomic E-state index is 14.6. The van der Waals surface area contributed by atoms with Crippen LogP contribution >= 0.6 is 0 Å². The third kappa shape index (κ3) is 3.77. The number of halogens is 7. The van der Waals surface area contributed by atoms with Gasteiger partial charge in [-0.15, -0.1) is 0 Å². The summed E-state index contributed by atoms with van der Waals surface area (Å²) >= 11 is 0. The molecular formula is C22H14F7N3O. The lowest BCUT2D eigenvalue weighted by molar-refractivity contribution is -0.289. The molecule has 4 nitrogen and oxygen atoms in total. The topological polar surface area (TPSA) is 50.4 Å². The van der Waals surface area contributed by atoms with Gasteiger partial charge in [-0.3, -0.25) is 9.38 Å². The first kappa shape index (κ1) is 22.6. The van der Waals surface area contributed by atoms with E-state index in [9.17, 15) is 35.8 Å². The Bertz CT molecular complexity index is 1340. The van der Waals surface area contributed by atoms with E-state index in [1.54, 1.807) is 6.92 Å². The van der Waals surface area contributed by atoms with E-state index in [1.165, 1.54) is 22.9 Å². The number of benzene rings is 2. The van der Waals surface area contributed by atoms with E-state index in [1.807, 2.05) is 0 Å². The Balaban J connectivity index is 1.92. The SMILES string of the molecule is CCc1nc2cnc(-c3cccc(C(F)(F)C(F)(F)F)c3)cn2c1-c1c(F)cc(O)cc1F. The van der Waals surface area contributed by atoms with E-state index in [0.717, 1.165) is 18.2 Å². The number of nitrogens with zero attached hydrogens (tertiary/aromatic N) is 3. The van der Waals surface area contributed by atoms with E-state index in [4.69, 9.17) is 0 Å². The Kier molecular flexibility index (Phi) is 5.30. The molecule has 0 unspecified atom stereocenters. The molecular weight excluding hydrogens is 455 g/mol. The second-order valence-corrected chi connectivity index (χ2v) is 7.20. The first-order valence-corrected chi connectivity index (χ1v) is 9.54. The van der Waals surface area contributed by atoms with Crippen molar-refractivity contribution in [3.8, 4) is 28.3 Å². The Morgan fingerprint density at radius 1 is 1.00 bits per heavy atom. The highest BCUT2D eigenvalue weighted by molar-refractivity contribution is 5.71. The van der Waals surface area contributed by atoms with E-state index in [0.29, 0.717) is 12.1 Å². The summed E-state index contributed by atoms with van der Waals surface area (Å²) in [5.41, 5.74) is -1.38. The zero-order chi connectivity index (χ0) is 24.1. The van der Waals surface area contributed by atoms with Crippen LogP contribution in [0, 0.1) is 11.6 Å². The Morgan fingerprint density at radius 3 is 2.27 bits per heavy atom. The van der Waals surface area contributed by atoms with E-state index in [2.05, 4.69) is 9.97 Å². The number of aromatic hydroxyl groups is 1. The van der Waals surface area contributed by atoms with Crippen molar-refractivity contribution >= 4 is 5.65 Å². The van der Waals surface area contributed by atoms with E-state index in [-0.39, 0.29) is 34.7 Å². The van der Waals surface area contributed by atoms with Crippen LogP contribution in [-0.4, -0.2) is 25.7 Å². The zero-order valence-electron chi connectivity index (χ0n) is 16.8. The van der Waals surface area contributed by atoms with Gasteiger partial charge in [0, 0.05) is 29.5 Å². The molecule has 2 aromatic heterocycles. The van der Waals surface area contributed by atoms with Gasteiger partial charge in [0.1, 0.15) is 17.4 Å². The Labute approximate surface area is 182 Å². The van der Waals surface area contributed by atoms with Crippen molar-refractivity contribution in [2.24, 2.45) is 0 Å². The van der Waals surface area contributed by atoms with E-state index >= 15 is 0 Å². The summed E-state index contributed by atoms with van der Waals surface area (Å²) in [7, 11) is 0. The summed E-state index contributed by atoms with van der Waals surface area (Å²) in [6.45, 7) is 1.69. The summed E-state index contributed by atoms with van der Waals surface area (Å²) < 4.78 is 96.4. The van der Waals surface area contributed by atoms with Crippen molar-refractivity contribution in [3.63, 3.8) is 0 Å². The normalized spacial score (nSPS) is 12.5. The van der Waals surface area contributed by atoms with Crippen molar-refractivity contribution in [1.82, 2.24) is 14.4 Å². The Hall–Kier alpha value is -3.63. The van der Waals surface area contributed by atoms with Gasteiger partial charge in [-0.1, -0.05) is 25.1 Å². The summed E-state index contributed by atoms with van der Waals surface area (Å²) in [5, 5.41) is 9.44. The number of hydrogen-bond donors (Lipinski definition) is 1. The van der Waals surface area contributed by atoms with E-state index < -0.39 is 40.6 Å². The fraction of sp³-hybridized carbons (Fsp3) is 0.182. The third-order valence-corrected chi connectivity index (χ3v) is 5.06. The molecule has 172 valence electrons. The molecule has 0 radical (unpaired) electrons. The minimum atomic E-state index is -5.79. The van der Waals surface area contributed by atoms with Gasteiger partial charge in [0.05, 0.1) is 28.8 Å². The molecule has 0 spiro atoms. The number of aromatic nitrogens is 3. The van der Waals surface area contributed by atoms with Crippen molar-refractivity contribution < 1.29 is 35.8 Å². The molecule has 0 aliphatic heterocycles. The highest BCUT2D eigenvalue weighted by Gasteiger charge is 2.58. The lowest BCUT2D eigenvalue weighted by atomic mass is 10.0. The number of hydrogen-bond acceptors (Lipinski definition) is 3. The van der Waals surface area contributed by atoms with Crippen LogP contribution in [0.1, 0.15) is 18.2 Å². The molecule has 0 saturated heterocycles. The maximum Gasteiger partial charge on any atom is 0.458 e. The van der Waals surface area contributed by atoms with Crippen molar-refractivity contribution in [3.05, 3.63) is 71.7 Å². The van der Waals surface area contributed by atoms with Gasteiger partial charge in [0.15, 0.2) is 5.65 Å². The summed E-state index contributed by atoms with van der Waals surface area (Å²) in [4.78, 5) is 8.34. The number of alkyl halides is 5. The molecule has 0 aliphatic rings. The number of rotatable bonds is 4. The van der Waals surface area contributed by atoms with Crippen LogP contribution in [-0.2, 0) is 12.3 Å². The third-order valence-electron chi connectivity index (χ3n) is 5.06. The largest absolute Gasteiger partial charge is 0.508 e. The monoisotopic (exact) mass is 469 g/mol. The highest BCUT2D eigenvalue weighted by Crippen LogP contribution is 2.44. The van der Waals surface area contributed by atoms with Crippen molar-refractivity contribution in [1.29, 1.82) is 0 Å². The fourth-order valence-corrected chi connectivity index (χ4v) is 3.49. The molecule has 4 aromatic rings. The zero-order valence-corrected chi connectivity index (χ0v) is 16.8. The van der Waals surface area contributed by atoms with Crippen LogP contribution in [0.15, 0.2) is 48.8 Å². The number of fused-ring (bicyclic) bond motifs is 1. The summed E-state index contributed by atoms with van der Waals surface area (Å²) in [6, 6.07) is 5.06. The minimum Gasteiger partial charge on any atom is -0.508 e. The van der Waals surface area contributed by atoms with Crippen LogP contribution in [0.4, 0.5) is 30.7 Å². The van der Waals surface area contributed by atoms with Crippen LogP contribution in [0.2, 0.25) is 0 Å². The fourth-order valence-electron chi connectivity index (χ4n) is 3.49. The molecule has 0 bridgehead atoms. The number of imidazole rings is 1. The molecule has 4 rings (SSSR count). The smallest absolute Gasteiger partial charge is 0.458 e. The summed E-state index contributed by atoms with van der Waals surface area (Å²) in [5.74, 6) is -7.82. The highest BCUT2D eigenvalue weighted by atomic mass is 19.4. The van der Waals surface area contributed by atoms with Crippen LogP contribution in [0.5, 0.6) is 5.75 Å². The molecule has 2 heterocycles. The predicted molar refractivity (Wildman–Crippen MR) is 105 cm³/mol. The molecule has 2 aromatic carbocycles. The average molecular weight is 469 g/mol. The van der Waals surface area contributed by atoms with Gasteiger partial charge >= 0.3 is 12.1 Å². The second kappa shape index (κ2) is 7.75. The summed E-state index contributed by atoms with van der Waals surface area (Å²) in [6.07, 6.45) is -3.07. The molecule has 1 N–H and O–H groups in total. The van der Waals surface area contributed by atoms with Crippen molar-refractivity contribution in [2.45, 2.75) is 25.4 Å². The van der Waals surface area contributed by atoms with Gasteiger partial charge in [-0.2, -0.15) is 22.0 Å². The lowest BCUT2D eigenvalue weighted by Crippen LogP contribution is -2.33. The predicted octanol–water partition coefficient (Wildman–Crippen LogP) is 6.26. The molecule has 0 saturated carbocycles. The first-order valence-electron chi connectivity index (χ1n) is 9.54. The number of aryl methyl sites for hydroxylation is 1. The standard InChI is InChI=1S/C22H14F7N3O/c1-2-16-20(19-14(23)7-13(33)8-15(19)24)32-10-17(30-9-18(32)31-16)11-4-3-5-12(6-11)21(25,26)22(27,28)29/h3-10,33H,2H2,1H3. The minimum absolute atomic E-state index is 0.00271. The average Bonchev–Trinajstić information content (AvgIpc) is 3.10. The lowest BCUT2D eigenvalue weighted by Gasteiger charge is -2.20. The van der Waals surface area contributed by atoms with Crippen LogP contribution in [0.25, 0.3) is 28.2 Å². The molecule has 0 fully saturated rings. The number of phenolic OH excluding ortho intramolecular Hbond substituents is 1.